The molecule has 0 fully saturated rings. The minimum Gasteiger partial charge on any atom is -0.0795 e. The maximum absolute atomic E-state index is 4.09. The zero-order chi connectivity index (χ0) is 20.5. The maximum Gasteiger partial charge on any atom is 0.0565 e. The van der Waals surface area contributed by atoms with E-state index in [0.29, 0.717) is 0 Å². The third-order valence-corrected chi connectivity index (χ3v) is 8.18. The van der Waals surface area contributed by atoms with Crippen molar-refractivity contribution in [3.05, 3.63) is 113 Å². The first-order valence-corrected chi connectivity index (χ1v) is 11.5. The molecule has 3 aromatic carbocycles. The summed E-state index contributed by atoms with van der Waals surface area (Å²) in [6.45, 7) is 4.64. The van der Waals surface area contributed by atoms with E-state index in [9.17, 15) is 0 Å². The lowest BCUT2D eigenvalue weighted by molar-refractivity contribution is 0.430. The summed E-state index contributed by atoms with van der Waals surface area (Å²) in [4.78, 5) is 0. The van der Waals surface area contributed by atoms with Gasteiger partial charge in [0.05, 0.1) is 4.32 Å². The summed E-state index contributed by atoms with van der Waals surface area (Å²) in [6, 6.07) is 28.1. The first kappa shape index (κ1) is 20.4. The van der Waals surface area contributed by atoms with E-state index < -0.39 is 0 Å². The van der Waals surface area contributed by atoms with Crippen LogP contribution < -0.4 is 0 Å². The highest BCUT2D eigenvalue weighted by Crippen LogP contribution is 2.48. The van der Waals surface area contributed by atoms with Crippen LogP contribution in [0.3, 0.4) is 0 Å². The van der Waals surface area contributed by atoms with Crippen molar-refractivity contribution in [2.24, 2.45) is 0 Å². The van der Waals surface area contributed by atoms with Gasteiger partial charge >= 0.3 is 0 Å². The summed E-state index contributed by atoms with van der Waals surface area (Å²) < 4.78 is 0.990. The lowest BCUT2D eigenvalue weighted by Crippen LogP contribution is -2.41. The van der Waals surface area contributed by atoms with Gasteiger partial charge in [0.2, 0.25) is 0 Å². The van der Waals surface area contributed by atoms with Crippen LogP contribution >= 0.6 is 31.9 Å². The van der Waals surface area contributed by atoms with Crippen LogP contribution in [0.25, 0.3) is 16.7 Å². The molecule has 0 saturated heterocycles. The average Bonchev–Trinajstić information content (AvgIpc) is 2.75. The van der Waals surface area contributed by atoms with E-state index in [0.717, 1.165) is 10.9 Å². The Balaban J connectivity index is 1.57. The van der Waals surface area contributed by atoms with E-state index in [1.807, 2.05) is 0 Å². The van der Waals surface area contributed by atoms with Crippen molar-refractivity contribution in [2.75, 3.05) is 0 Å². The molecule has 2 heteroatoms. The van der Waals surface area contributed by atoms with Crippen molar-refractivity contribution < 1.29 is 0 Å². The molecule has 1 atom stereocenters. The second-order valence-electron chi connectivity index (χ2n) is 8.13. The molecule has 0 N–H and O–H groups in total. The molecular formula is C27H24Br2. The molecule has 0 amide bonds. The molecule has 0 heterocycles. The molecule has 0 aromatic heterocycles. The molecule has 0 aliphatic heterocycles. The zero-order valence-electron chi connectivity index (χ0n) is 16.7. The highest BCUT2D eigenvalue weighted by molar-refractivity contribution is 9.10. The molecule has 0 bridgehead atoms. The van der Waals surface area contributed by atoms with Gasteiger partial charge in [-0.2, -0.15) is 0 Å². The monoisotopic (exact) mass is 506 g/mol. The summed E-state index contributed by atoms with van der Waals surface area (Å²) in [5.41, 5.74) is 6.32. The van der Waals surface area contributed by atoms with Crippen LogP contribution in [-0.2, 0) is 5.41 Å². The van der Waals surface area contributed by atoms with Crippen LogP contribution in [0, 0.1) is 0 Å². The first-order chi connectivity index (χ1) is 13.9. The number of alkyl halides is 1. The van der Waals surface area contributed by atoms with E-state index in [1.54, 1.807) is 0 Å². The quantitative estimate of drug-likeness (QED) is 0.310. The topological polar surface area (TPSA) is 0 Å². The lowest BCUT2D eigenvalue weighted by Gasteiger charge is -2.42. The molecule has 1 aliphatic rings. The number of hydrogen-bond donors (Lipinski definition) is 0. The van der Waals surface area contributed by atoms with Crippen molar-refractivity contribution in [1.82, 2.24) is 0 Å². The number of rotatable bonds is 4. The van der Waals surface area contributed by atoms with E-state index in [4.69, 9.17) is 0 Å². The number of benzene rings is 3. The second kappa shape index (κ2) is 8.08. The van der Waals surface area contributed by atoms with Crippen molar-refractivity contribution in [1.29, 1.82) is 0 Å². The van der Waals surface area contributed by atoms with Crippen LogP contribution in [0.5, 0.6) is 0 Å². The summed E-state index contributed by atoms with van der Waals surface area (Å²) in [7, 11) is 0. The van der Waals surface area contributed by atoms with Crippen molar-refractivity contribution >= 4 is 37.4 Å². The number of halogens is 2. The highest BCUT2D eigenvalue weighted by atomic mass is 79.9. The number of hydrogen-bond acceptors (Lipinski definition) is 0. The molecule has 3 aromatic rings. The van der Waals surface area contributed by atoms with Crippen LogP contribution in [0.15, 0.2) is 102 Å². The van der Waals surface area contributed by atoms with Gasteiger partial charge < -0.3 is 0 Å². The fourth-order valence-electron chi connectivity index (χ4n) is 3.89. The minimum atomic E-state index is -0.114. The molecule has 29 heavy (non-hydrogen) atoms. The molecule has 1 aliphatic carbocycles. The summed E-state index contributed by atoms with van der Waals surface area (Å²) in [5.74, 6) is 0. The van der Waals surface area contributed by atoms with Gasteiger partial charge in [-0.05, 0) is 46.4 Å². The van der Waals surface area contributed by atoms with Crippen LogP contribution in [-0.4, -0.2) is 4.32 Å². The Kier molecular flexibility index (Phi) is 5.68. The Morgan fingerprint density at radius 2 is 1.34 bits per heavy atom. The summed E-state index contributed by atoms with van der Waals surface area (Å²) in [5, 5.41) is 0. The smallest absolute Gasteiger partial charge is 0.0565 e. The van der Waals surface area contributed by atoms with Crippen molar-refractivity contribution in [3.63, 3.8) is 0 Å². The molecule has 0 radical (unpaired) electrons. The minimum absolute atomic E-state index is 0.0551. The molecule has 4 rings (SSSR count). The van der Waals surface area contributed by atoms with Crippen molar-refractivity contribution in [3.8, 4) is 11.1 Å². The van der Waals surface area contributed by atoms with Gasteiger partial charge in [0.25, 0.3) is 0 Å². The van der Waals surface area contributed by atoms with E-state index in [2.05, 4.69) is 143 Å². The maximum atomic E-state index is 4.09. The standard InChI is InChI=1S/C27H24Br2/c1-26(2,24-12-8-21(9-13-24)22-10-14-25(28)15-11-22)27(29)18-16-23(17-19-27)20-6-4-3-5-7-20/h3-18H,19H2,1-2H3. The van der Waals surface area contributed by atoms with Gasteiger partial charge in [-0.15, -0.1) is 0 Å². The highest BCUT2D eigenvalue weighted by Gasteiger charge is 2.42. The summed E-state index contributed by atoms with van der Waals surface area (Å²) >= 11 is 7.60. The molecular weight excluding hydrogens is 484 g/mol. The SMILES string of the molecule is CC(C)(c1ccc(-c2ccc(Br)cc2)cc1)C1(Br)C=CC(c2ccccc2)=CC1. The Bertz CT molecular complexity index is 1040. The molecule has 0 saturated carbocycles. The number of allylic oxidation sites excluding steroid dienone is 4. The Hall–Kier alpha value is -1.90. The van der Waals surface area contributed by atoms with Crippen LogP contribution in [0.4, 0.5) is 0 Å². The molecule has 0 spiro atoms. The normalized spacial score (nSPS) is 19.1. The van der Waals surface area contributed by atoms with E-state index in [1.165, 1.54) is 27.8 Å². The Labute approximate surface area is 190 Å². The third-order valence-electron chi connectivity index (χ3n) is 6.08. The van der Waals surface area contributed by atoms with Gasteiger partial charge in [-0.1, -0.05) is 131 Å². The zero-order valence-corrected chi connectivity index (χ0v) is 19.9. The van der Waals surface area contributed by atoms with Crippen molar-refractivity contribution in [2.45, 2.75) is 30.0 Å². The Morgan fingerprint density at radius 3 is 1.90 bits per heavy atom. The van der Waals surface area contributed by atoms with Gasteiger partial charge in [0, 0.05) is 9.89 Å². The fraction of sp³-hybridized carbons (Fsp3) is 0.185. The molecule has 0 nitrogen and oxygen atoms in total. The largest absolute Gasteiger partial charge is 0.0795 e. The van der Waals surface area contributed by atoms with E-state index in [-0.39, 0.29) is 9.74 Å². The fourth-order valence-corrected chi connectivity index (χ4v) is 4.67. The summed E-state index contributed by atoms with van der Waals surface area (Å²) in [6.07, 6.45) is 7.89. The van der Waals surface area contributed by atoms with Gasteiger partial charge in [-0.25, -0.2) is 0 Å². The predicted octanol–water partition coefficient (Wildman–Crippen LogP) is 8.57. The van der Waals surface area contributed by atoms with Gasteiger partial charge in [0.15, 0.2) is 0 Å². The van der Waals surface area contributed by atoms with E-state index >= 15 is 0 Å². The van der Waals surface area contributed by atoms with Gasteiger partial charge in [-0.3, -0.25) is 0 Å². The van der Waals surface area contributed by atoms with Crippen LogP contribution in [0.2, 0.25) is 0 Å². The Morgan fingerprint density at radius 1 is 0.759 bits per heavy atom. The second-order valence-corrected chi connectivity index (χ2v) is 10.5. The predicted molar refractivity (Wildman–Crippen MR) is 132 cm³/mol. The molecule has 1 unspecified atom stereocenters. The lowest BCUT2D eigenvalue weighted by atomic mass is 9.69. The average molecular weight is 508 g/mol. The third kappa shape index (κ3) is 4.06. The first-order valence-electron chi connectivity index (χ1n) is 9.89. The van der Waals surface area contributed by atoms with Gasteiger partial charge in [0.1, 0.15) is 0 Å². The molecule has 146 valence electrons. The van der Waals surface area contributed by atoms with Crippen LogP contribution in [0.1, 0.15) is 31.4 Å².